The van der Waals surface area contributed by atoms with E-state index >= 15 is 0 Å². The Morgan fingerprint density at radius 1 is 1.32 bits per heavy atom. The van der Waals surface area contributed by atoms with Crippen molar-refractivity contribution >= 4 is 23.5 Å². The fourth-order valence-corrected chi connectivity index (χ4v) is 3.85. The summed E-state index contributed by atoms with van der Waals surface area (Å²) in [5.74, 6) is -0.320. The number of esters is 1. The summed E-state index contributed by atoms with van der Waals surface area (Å²) in [6.45, 7) is 8.10. The van der Waals surface area contributed by atoms with Crippen molar-refractivity contribution in [3.8, 4) is 0 Å². The summed E-state index contributed by atoms with van der Waals surface area (Å²) in [5, 5.41) is 0.673. The Kier molecular flexibility index (Phi) is 9.00. The molecule has 0 aromatic heterocycles. The molecule has 1 aromatic carbocycles. The molecule has 1 aromatic rings. The van der Waals surface area contributed by atoms with E-state index in [0.717, 1.165) is 24.8 Å². The van der Waals surface area contributed by atoms with Crippen molar-refractivity contribution in [1.82, 2.24) is 4.90 Å². The summed E-state index contributed by atoms with van der Waals surface area (Å²) in [7, 11) is 0. The molecular weight excluding hydrogens is 378 g/mol. The number of benzene rings is 1. The zero-order valence-electron chi connectivity index (χ0n) is 16.7. The topological polar surface area (TPSA) is 55.8 Å². The molecule has 2 rings (SSSR count). The second kappa shape index (κ2) is 11.2. The van der Waals surface area contributed by atoms with Crippen molar-refractivity contribution in [3.05, 3.63) is 47.5 Å². The fraction of sp³-hybridized carbons (Fsp3) is 0.545. The van der Waals surface area contributed by atoms with Crippen LogP contribution in [-0.2, 0) is 19.1 Å². The van der Waals surface area contributed by atoms with E-state index in [4.69, 9.17) is 21.1 Å². The highest BCUT2D eigenvalue weighted by atomic mass is 35.5. The van der Waals surface area contributed by atoms with Gasteiger partial charge in [-0.15, -0.1) is 6.58 Å². The van der Waals surface area contributed by atoms with Crippen molar-refractivity contribution in [2.45, 2.75) is 51.6 Å². The van der Waals surface area contributed by atoms with Crippen LogP contribution in [0, 0.1) is 5.92 Å². The number of halogens is 1. The molecule has 0 bridgehead atoms. The molecule has 0 radical (unpaired) electrons. The average molecular weight is 408 g/mol. The Bertz CT molecular complexity index is 661. The van der Waals surface area contributed by atoms with Gasteiger partial charge in [0.2, 0.25) is 5.91 Å². The van der Waals surface area contributed by atoms with Crippen LogP contribution < -0.4 is 0 Å². The molecule has 1 aliphatic heterocycles. The monoisotopic (exact) mass is 407 g/mol. The van der Waals surface area contributed by atoms with Crippen LogP contribution in [0.3, 0.4) is 0 Å². The Morgan fingerprint density at radius 3 is 2.64 bits per heavy atom. The van der Waals surface area contributed by atoms with Crippen LogP contribution in [-0.4, -0.2) is 42.6 Å². The van der Waals surface area contributed by atoms with Crippen LogP contribution in [0.4, 0.5) is 0 Å². The van der Waals surface area contributed by atoms with Gasteiger partial charge in [0.1, 0.15) is 6.61 Å². The van der Waals surface area contributed by atoms with E-state index < -0.39 is 0 Å². The lowest BCUT2D eigenvalue weighted by molar-refractivity contribution is -0.152. The van der Waals surface area contributed by atoms with Crippen molar-refractivity contribution in [2.24, 2.45) is 5.92 Å². The summed E-state index contributed by atoms with van der Waals surface area (Å²) in [6, 6.07) is 7.53. The number of carbonyl (C=O) groups is 2. The molecule has 0 spiro atoms. The van der Waals surface area contributed by atoms with Gasteiger partial charge in [0.05, 0.1) is 25.3 Å². The van der Waals surface area contributed by atoms with Crippen molar-refractivity contribution in [1.29, 1.82) is 0 Å². The minimum absolute atomic E-state index is 0.0259. The standard InChI is InChI=1S/C22H30ClNO4/c1-4-7-17-10-13-20(16-8-11-18(23)12-9-16)24(22(17)26)19(5-2)14-27-15-21(25)28-6-3/h4,8-9,11-12,17,19-20H,1,5-7,10,13-15H2,2-3H3. The first-order chi connectivity index (χ1) is 13.5. The van der Waals surface area contributed by atoms with E-state index in [1.807, 2.05) is 42.2 Å². The SMILES string of the molecule is C=CCC1CCC(c2ccc(Cl)cc2)N(C(CC)COCC(=O)OCC)C1=O. The lowest BCUT2D eigenvalue weighted by Gasteiger charge is -2.44. The highest BCUT2D eigenvalue weighted by Crippen LogP contribution is 2.38. The molecule has 0 saturated carbocycles. The molecule has 3 atom stereocenters. The number of amides is 1. The van der Waals surface area contributed by atoms with Crippen LogP contribution in [0.25, 0.3) is 0 Å². The molecule has 5 nitrogen and oxygen atoms in total. The lowest BCUT2D eigenvalue weighted by Crippen LogP contribution is -2.50. The molecule has 1 amide bonds. The third kappa shape index (κ3) is 5.82. The molecule has 3 unspecified atom stereocenters. The van der Waals surface area contributed by atoms with Gasteiger partial charge in [0.15, 0.2) is 0 Å². The number of carbonyl (C=O) groups excluding carboxylic acids is 2. The maximum atomic E-state index is 13.3. The summed E-state index contributed by atoms with van der Waals surface area (Å²) in [4.78, 5) is 26.8. The highest BCUT2D eigenvalue weighted by molar-refractivity contribution is 6.30. The second-order valence-electron chi connectivity index (χ2n) is 6.99. The first kappa shape index (κ1) is 22.4. The average Bonchev–Trinajstić information content (AvgIpc) is 2.68. The second-order valence-corrected chi connectivity index (χ2v) is 7.43. The minimum Gasteiger partial charge on any atom is -0.464 e. The zero-order chi connectivity index (χ0) is 20.5. The van der Waals surface area contributed by atoms with E-state index in [9.17, 15) is 9.59 Å². The molecule has 28 heavy (non-hydrogen) atoms. The molecule has 1 saturated heterocycles. The maximum absolute atomic E-state index is 13.3. The van der Waals surface area contributed by atoms with E-state index in [2.05, 4.69) is 6.58 Å². The fourth-order valence-electron chi connectivity index (χ4n) is 3.73. The molecule has 1 fully saturated rings. The highest BCUT2D eigenvalue weighted by Gasteiger charge is 2.38. The summed E-state index contributed by atoms with van der Waals surface area (Å²) >= 11 is 6.04. The van der Waals surface area contributed by atoms with E-state index in [1.165, 1.54) is 0 Å². The Labute approximate surface area is 172 Å². The van der Waals surface area contributed by atoms with Gasteiger partial charge in [0, 0.05) is 10.9 Å². The van der Waals surface area contributed by atoms with E-state index in [0.29, 0.717) is 24.7 Å². The van der Waals surface area contributed by atoms with Crippen LogP contribution in [0.2, 0.25) is 5.02 Å². The normalized spacial score (nSPS) is 20.7. The number of hydrogen-bond donors (Lipinski definition) is 0. The van der Waals surface area contributed by atoms with Gasteiger partial charge in [-0.3, -0.25) is 4.79 Å². The summed E-state index contributed by atoms with van der Waals surface area (Å²) < 4.78 is 10.5. The molecule has 1 aliphatic rings. The van der Waals surface area contributed by atoms with Gasteiger partial charge in [-0.25, -0.2) is 4.79 Å². The third-order valence-electron chi connectivity index (χ3n) is 5.13. The minimum atomic E-state index is -0.388. The van der Waals surface area contributed by atoms with Gasteiger partial charge in [-0.05, 0) is 50.3 Å². The predicted molar refractivity (Wildman–Crippen MR) is 110 cm³/mol. The molecule has 0 N–H and O–H groups in total. The van der Waals surface area contributed by atoms with Crippen molar-refractivity contribution < 1.29 is 19.1 Å². The van der Waals surface area contributed by atoms with Crippen LogP contribution in [0.15, 0.2) is 36.9 Å². The number of allylic oxidation sites excluding steroid dienone is 1. The smallest absolute Gasteiger partial charge is 0.332 e. The van der Waals surface area contributed by atoms with Gasteiger partial charge < -0.3 is 14.4 Å². The number of ether oxygens (including phenoxy) is 2. The van der Waals surface area contributed by atoms with Crippen LogP contribution in [0.5, 0.6) is 0 Å². The Morgan fingerprint density at radius 2 is 2.04 bits per heavy atom. The number of hydrogen-bond acceptors (Lipinski definition) is 4. The van der Waals surface area contributed by atoms with E-state index in [1.54, 1.807) is 6.92 Å². The van der Waals surface area contributed by atoms with E-state index in [-0.39, 0.29) is 36.5 Å². The lowest BCUT2D eigenvalue weighted by atomic mass is 9.85. The first-order valence-electron chi connectivity index (χ1n) is 9.93. The van der Waals surface area contributed by atoms with Gasteiger partial charge in [-0.2, -0.15) is 0 Å². The largest absolute Gasteiger partial charge is 0.464 e. The first-order valence-corrected chi connectivity index (χ1v) is 10.3. The quantitative estimate of drug-likeness (QED) is 0.421. The van der Waals surface area contributed by atoms with Gasteiger partial charge in [0.25, 0.3) is 0 Å². The number of nitrogens with zero attached hydrogens (tertiary/aromatic N) is 1. The maximum Gasteiger partial charge on any atom is 0.332 e. The van der Waals surface area contributed by atoms with Gasteiger partial charge in [-0.1, -0.05) is 36.7 Å². The van der Waals surface area contributed by atoms with Crippen LogP contribution >= 0.6 is 11.6 Å². The summed E-state index contributed by atoms with van der Waals surface area (Å²) in [5.41, 5.74) is 1.07. The zero-order valence-corrected chi connectivity index (χ0v) is 17.5. The molecule has 0 aliphatic carbocycles. The molecule has 6 heteroatoms. The number of piperidine rings is 1. The van der Waals surface area contributed by atoms with Crippen molar-refractivity contribution in [2.75, 3.05) is 19.8 Å². The molecular formula is C22H30ClNO4. The van der Waals surface area contributed by atoms with Gasteiger partial charge >= 0.3 is 5.97 Å². The Hall–Kier alpha value is -1.85. The molecule has 1 heterocycles. The number of rotatable bonds is 10. The number of likely N-dealkylation sites (tertiary alicyclic amines) is 1. The van der Waals surface area contributed by atoms with Crippen molar-refractivity contribution in [3.63, 3.8) is 0 Å². The molecule has 154 valence electrons. The third-order valence-corrected chi connectivity index (χ3v) is 5.39. The Balaban J connectivity index is 2.19. The van der Waals surface area contributed by atoms with Crippen LogP contribution in [0.1, 0.15) is 51.1 Å². The summed E-state index contributed by atoms with van der Waals surface area (Å²) in [6.07, 6.45) is 4.92. The predicted octanol–water partition coefficient (Wildman–Crippen LogP) is 4.55.